The van der Waals surface area contributed by atoms with Crippen molar-refractivity contribution >= 4 is 29.3 Å². The molecule has 0 spiro atoms. The molecule has 0 heterocycles. The fraction of sp³-hybridized carbons (Fsp3) is 0.278. The largest absolute Gasteiger partial charge is 0.355 e. The maximum atomic E-state index is 13.3. The van der Waals surface area contributed by atoms with Crippen molar-refractivity contribution in [2.75, 3.05) is 6.54 Å². The second kappa shape index (κ2) is 9.06. The Hall–Kier alpha value is -1.56. The van der Waals surface area contributed by atoms with Crippen molar-refractivity contribution in [2.45, 2.75) is 29.5 Å². The number of rotatable bonds is 7. The maximum absolute atomic E-state index is 13.3. The van der Waals surface area contributed by atoms with E-state index in [1.54, 1.807) is 6.07 Å². The molecule has 2 aromatic carbocycles. The highest BCUT2D eigenvalue weighted by Crippen LogP contribution is 2.36. The molecular weight excluding hydrogens is 347 g/mol. The first-order valence-electron chi connectivity index (χ1n) is 7.67. The standard InChI is InChI=1S/C18H20ClFN2OS/c1-12(21)9-10-22-18(23)17(13-5-3-2-4-6-13)24-14-7-8-16(20)15(19)11-14/h2-8,11-12,17H,9-10,21H2,1H3,(H,22,23). The number of hydrogen-bond donors (Lipinski definition) is 2. The molecule has 1 amide bonds. The second-order valence-corrected chi connectivity index (χ2v) is 7.13. The van der Waals surface area contributed by atoms with Crippen LogP contribution in [-0.4, -0.2) is 18.5 Å². The van der Waals surface area contributed by atoms with E-state index < -0.39 is 11.1 Å². The summed E-state index contributed by atoms with van der Waals surface area (Å²) in [7, 11) is 0. The van der Waals surface area contributed by atoms with Gasteiger partial charge in [0.05, 0.1) is 5.02 Å². The summed E-state index contributed by atoms with van der Waals surface area (Å²) in [6, 6.07) is 14.0. The minimum Gasteiger partial charge on any atom is -0.355 e. The number of nitrogens with one attached hydrogen (secondary N) is 1. The van der Waals surface area contributed by atoms with Crippen LogP contribution in [0, 0.1) is 5.82 Å². The van der Waals surface area contributed by atoms with E-state index in [1.807, 2.05) is 37.3 Å². The Morgan fingerprint density at radius 2 is 2.00 bits per heavy atom. The second-order valence-electron chi connectivity index (χ2n) is 5.54. The van der Waals surface area contributed by atoms with E-state index in [9.17, 15) is 9.18 Å². The Bertz CT molecular complexity index is 682. The summed E-state index contributed by atoms with van der Waals surface area (Å²) in [6.45, 7) is 2.42. The molecule has 2 unspecified atom stereocenters. The predicted octanol–water partition coefficient (Wildman–Crippen LogP) is 4.17. The molecule has 0 radical (unpaired) electrons. The Morgan fingerprint density at radius 1 is 1.29 bits per heavy atom. The van der Waals surface area contributed by atoms with Gasteiger partial charge < -0.3 is 11.1 Å². The van der Waals surface area contributed by atoms with Gasteiger partial charge in [-0.1, -0.05) is 41.9 Å². The first-order chi connectivity index (χ1) is 11.5. The normalized spacial score (nSPS) is 13.3. The molecule has 24 heavy (non-hydrogen) atoms. The molecule has 3 N–H and O–H groups in total. The number of carbonyl (C=O) groups is 1. The number of halogens is 2. The Kier molecular flexibility index (Phi) is 7.09. The third-order valence-corrected chi connectivity index (χ3v) is 4.92. The third kappa shape index (κ3) is 5.51. The third-order valence-electron chi connectivity index (χ3n) is 3.38. The fourth-order valence-electron chi connectivity index (χ4n) is 2.10. The van der Waals surface area contributed by atoms with Crippen molar-refractivity contribution in [3.05, 3.63) is 64.9 Å². The van der Waals surface area contributed by atoms with Crippen LogP contribution >= 0.6 is 23.4 Å². The smallest absolute Gasteiger partial charge is 0.237 e. The van der Waals surface area contributed by atoms with Gasteiger partial charge in [0.1, 0.15) is 11.1 Å². The summed E-state index contributed by atoms with van der Waals surface area (Å²) in [4.78, 5) is 13.3. The minimum absolute atomic E-state index is 0.0315. The molecule has 0 aliphatic rings. The molecule has 0 saturated carbocycles. The van der Waals surface area contributed by atoms with E-state index in [2.05, 4.69) is 5.32 Å². The number of benzene rings is 2. The SMILES string of the molecule is CC(N)CCNC(=O)C(Sc1ccc(F)c(Cl)c1)c1ccccc1. The average Bonchev–Trinajstić information content (AvgIpc) is 2.56. The van der Waals surface area contributed by atoms with Gasteiger partial charge in [-0.3, -0.25) is 4.79 Å². The average molecular weight is 367 g/mol. The van der Waals surface area contributed by atoms with Crippen LogP contribution in [0.3, 0.4) is 0 Å². The molecule has 0 aromatic heterocycles. The number of nitrogens with two attached hydrogens (primary N) is 1. The van der Waals surface area contributed by atoms with Crippen molar-refractivity contribution in [2.24, 2.45) is 5.73 Å². The van der Waals surface area contributed by atoms with Crippen LogP contribution in [0.25, 0.3) is 0 Å². The van der Waals surface area contributed by atoms with E-state index in [0.717, 1.165) is 10.5 Å². The summed E-state index contributed by atoms with van der Waals surface area (Å²) in [6.07, 6.45) is 0.709. The van der Waals surface area contributed by atoms with Gasteiger partial charge in [-0.25, -0.2) is 4.39 Å². The number of amides is 1. The molecule has 2 atom stereocenters. The molecule has 2 aromatic rings. The summed E-state index contributed by atoms with van der Waals surface area (Å²) in [5.41, 5.74) is 6.59. The molecule has 0 saturated heterocycles. The van der Waals surface area contributed by atoms with Crippen molar-refractivity contribution in [3.8, 4) is 0 Å². The maximum Gasteiger partial charge on any atom is 0.237 e. The predicted molar refractivity (Wildman–Crippen MR) is 97.7 cm³/mol. The number of hydrogen-bond acceptors (Lipinski definition) is 3. The quantitative estimate of drug-likeness (QED) is 0.723. The first kappa shape index (κ1) is 18.8. The fourth-order valence-corrected chi connectivity index (χ4v) is 3.44. The topological polar surface area (TPSA) is 55.1 Å². The van der Waals surface area contributed by atoms with Gasteiger partial charge in [0.25, 0.3) is 0 Å². The van der Waals surface area contributed by atoms with Gasteiger partial charge in [-0.05, 0) is 37.1 Å². The van der Waals surface area contributed by atoms with E-state index >= 15 is 0 Å². The van der Waals surface area contributed by atoms with Gasteiger partial charge >= 0.3 is 0 Å². The molecule has 6 heteroatoms. The molecule has 128 valence electrons. The molecule has 3 nitrogen and oxygen atoms in total. The van der Waals surface area contributed by atoms with E-state index in [0.29, 0.717) is 13.0 Å². The summed E-state index contributed by atoms with van der Waals surface area (Å²) >= 11 is 7.18. The molecule has 2 rings (SSSR count). The van der Waals surface area contributed by atoms with E-state index in [1.165, 1.54) is 23.9 Å². The monoisotopic (exact) mass is 366 g/mol. The highest BCUT2D eigenvalue weighted by atomic mass is 35.5. The van der Waals surface area contributed by atoms with Crippen LogP contribution in [0.2, 0.25) is 5.02 Å². The van der Waals surface area contributed by atoms with Gasteiger partial charge in [0.2, 0.25) is 5.91 Å². The van der Waals surface area contributed by atoms with Crippen molar-refractivity contribution in [1.82, 2.24) is 5.32 Å². The van der Waals surface area contributed by atoms with Crippen LogP contribution in [0.1, 0.15) is 24.2 Å². The van der Waals surface area contributed by atoms with Gasteiger partial charge in [0, 0.05) is 17.5 Å². The van der Waals surface area contributed by atoms with Crippen LogP contribution in [0.4, 0.5) is 4.39 Å². The summed E-state index contributed by atoms with van der Waals surface area (Å²) < 4.78 is 13.3. The number of carbonyl (C=O) groups excluding carboxylic acids is 1. The molecule has 0 aliphatic heterocycles. The van der Waals surface area contributed by atoms with Crippen LogP contribution in [0.5, 0.6) is 0 Å². The zero-order valence-corrected chi connectivity index (χ0v) is 14.9. The zero-order valence-electron chi connectivity index (χ0n) is 13.3. The van der Waals surface area contributed by atoms with Gasteiger partial charge in [-0.2, -0.15) is 0 Å². The Balaban J connectivity index is 2.16. The Labute approximate surface area is 150 Å². The van der Waals surface area contributed by atoms with E-state index in [4.69, 9.17) is 17.3 Å². The lowest BCUT2D eigenvalue weighted by Gasteiger charge is -2.17. The first-order valence-corrected chi connectivity index (χ1v) is 8.93. The van der Waals surface area contributed by atoms with E-state index in [-0.39, 0.29) is 17.0 Å². The van der Waals surface area contributed by atoms with Crippen LogP contribution in [0.15, 0.2) is 53.4 Å². The molecular formula is C18H20ClFN2OS. The molecule has 0 aliphatic carbocycles. The highest BCUT2D eigenvalue weighted by Gasteiger charge is 2.22. The van der Waals surface area contributed by atoms with Gasteiger partial charge in [-0.15, -0.1) is 11.8 Å². The van der Waals surface area contributed by atoms with Crippen molar-refractivity contribution < 1.29 is 9.18 Å². The lowest BCUT2D eigenvalue weighted by Crippen LogP contribution is -2.31. The van der Waals surface area contributed by atoms with Crippen LogP contribution < -0.4 is 11.1 Å². The lowest BCUT2D eigenvalue weighted by atomic mass is 10.1. The minimum atomic E-state index is -0.473. The summed E-state index contributed by atoms with van der Waals surface area (Å²) in [5.74, 6) is -0.578. The summed E-state index contributed by atoms with van der Waals surface area (Å²) in [5, 5.41) is 2.51. The van der Waals surface area contributed by atoms with Crippen LogP contribution in [-0.2, 0) is 4.79 Å². The Morgan fingerprint density at radius 3 is 2.62 bits per heavy atom. The zero-order chi connectivity index (χ0) is 17.5. The lowest BCUT2D eigenvalue weighted by molar-refractivity contribution is -0.120. The van der Waals surface area contributed by atoms with Crippen molar-refractivity contribution in [1.29, 1.82) is 0 Å². The molecule has 0 fully saturated rings. The number of thioether (sulfide) groups is 1. The highest BCUT2D eigenvalue weighted by molar-refractivity contribution is 8.00. The molecule has 0 bridgehead atoms. The van der Waals surface area contributed by atoms with Crippen molar-refractivity contribution in [3.63, 3.8) is 0 Å². The van der Waals surface area contributed by atoms with Gasteiger partial charge in [0.15, 0.2) is 0 Å².